The van der Waals surface area contributed by atoms with Crippen LogP contribution in [0.15, 0.2) is 0 Å². The number of rotatable bonds is 12. The molecule has 24 heavy (non-hydrogen) atoms. The molecule has 0 heterocycles. The topological polar surface area (TPSA) is 127 Å². The molecular formula is C16H26O8. The number of hydrogen-bond donors (Lipinski definition) is 2. The fraction of sp³-hybridized carbons (Fsp3) is 0.750. The van der Waals surface area contributed by atoms with E-state index in [1.807, 2.05) is 6.92 Å². The average Bonchev–Trinajstić information content (AvgIpc) is 2.45. The van der Waals surface area contributed by atoms with Gasteiger partial charge >= 0.3 is 23.9 Å². The Bertz CT molecular complexity index is 445. The van der Waals surface area contributed by atoms with Crippen molar-refractivity contribution in [1.82, 2.24) is 0 Å². The maximum absolute atomic E-state index is 12.0. The molecule has 0 rings (SSSR count). The van der Waals surface area contributed by atoms with Gasteiger partial charge in [-0.1, -0.05) is 33.1 Å². The van der Waals surface area contributed by atoms with Crippen LogP contribution in [-0.4, -0.2) is 46.3 Å². The highest BCUT2D eigenvalue weighted by molar-refractivity contribution is 5.92. The number of esters is 3. The van der Waals surface area contributed by atoms with E-state index in [1.54, 1.807) is 6.92 Å². The maximum atomic E-state index is 12.0. The van der Waals surface area contributed by atoms with Crippen molar-refractivity contribution >= 4 is 23.9 Å². The van der Waals surface area contributed by atoms with Crippen LogP contribution in [0.1, 0.15) is 65.2 Å². The summed E-state index contributed by atoms with van der Waals surface area (Å²) in [4.78, 5) is 45.7. The predicted molar refractivity (Wildman–Crippen MR) is 82.9 cm³/mol. The Hall–Kier alpha value is -1.96. The number of carbonyl (C=O) groups is 4. The molecule has 8 heteroatoms. The van der Waals surface area contributed by atoms with Crippen LogP contribution in [0.4, 0.5) is 0 Å². The van der Waals surface area contributed by atoms with Crippen molar-refractivity contribution in [1.29, 1.82) is 0 Å². The van der Waals surface area contributed by atoms with Crippen molar-refractivity contribution in [3.05, 3.63) is 0 Å². The molecule has 0 aromatic heterocycles. The minimum absolute atomic E-state index is 0.00493. The molecule has 0 fully saturated rings. The first-order valence-corrected chi connectivity index (χ1v) is 8.10. The fourth-order valence-corrected chi connectivity index (χ4v) is 1.94. The Morgan fingerprint density at radius 2 is 1.58 bits per heavy atom. The lowest BCUT2D eigenvalue weighted by Gasteiger charge is -2.23. The maximum Gasteiger partial charge on any atom is 0.339 e. The average molecular weight is 346 g/mol. The second-order valence-electron chi connectivity index (χ2n) is 5.57. The van der Waals surface area contributed by atoms with Gasteiger partial charge in [0.15, 0.2) is 5.60 Å². The molecular weight excluding hydrogens is 320 g/mol. The Kier molecular flexibility index (Phi) is 10.6. The third kappa shape index (κ3) is 9.24. The van der Waals surface area contributed by atoms with Gasteiger partial charge in [0.1, 0.15) is 0 Å². The lowest BCUT2D eigenvalue weighted by atomic mass is 9.95. The third-order valence-electron chi connectivity index (χ3n) is 3.17. The molecule has 1 atom stereocenters. The smallest absolute Gasteiger partial charge is 0.339 e. The zero-order valence-electron chi connectivity index (χ0n) is 14.2. The molecule has 0 aliphatic rings. The molecule has 2 N–H and O–H groups in total. The van der Waals surface area contributed by atoms with Gasteiger partial charge in [-0.25, -0.2) is 4.79 Å². The monoisotopic (exact) mass is 346 g/mol. The highest BCUT2D eigenvalue weighted by Crippen LogP contribution is 2.19. The van der Waals surface area contributed by atoms with Crippen molar-refractivity contribution in [3.63, 3.8) is 0 Å². The lowest BCUT2D eigenvalue weighted by Crippen LogP contribution is -2.44. The predicted octanol–water partition coefficient (Wildman–Crippen LogP) is 1.58. The standard InChI is InChI=1S/C16H26O8/c1-3-5-6-7-9-23-15(21)16(22,10-12(17)18)11-14(20)24-13(19)8-4-2/h22H,3-11H2,1-2H3,(H,17,18). The van der Waals surface area contributed by atoms with Crippen LogP contribution in [-0.2, 0) is 28.7 Å². The van der Waals surface area contributed by atoms with Gasteiger partial charge in [0, 0.05) is 6.42 Å². The number of aliphatic carboxylic acids is 1. The van der Waals surface area contributed by atoms with E-state index in [0.29, 0.717) is 12.8 Å². The van der Waals surface area contributed by atoms with Gasteiger partial charge in [-0.2, -0.15) is 0 Å². The van der Waals surface area contributed by atoms with E-state index in [-0.39, 0.29) is 13.0 Å². The van der Waals surface area contributed by atoms with Crippen LogP contribution in [0.5, 0.6) is 0 Å². The lowest BCUT2D eigenvalue weighted by molar-refractivity contribution is -0.178. The number of ether oxygens (including phenoxy) is 2. The molecule has 0 aromatic rings. The molecule has 0 amide bonds. The molecule has 0 bridgehead atoms. The van der Waals surface area contributed by atoms with Crippen molar-refractivity contribution in [2.45, 2.75) is 70.8 Å². The van der Waals surface area contributed by atoms with Crippen LogP contribution in [0.3, 0.4) is 0 Å². The van der Waals surface area contributed by atoms with Crippen molar-refractivity contribution in [3.8, 4) is 0 Å². The second kappa shape index (κ2) is 11.6. The Balaban J connectivity index is 4.68. The molecule has 0 spiro atoms. The second-order valence-corrected chi connectivity index (χ2v) is 5.57. The first-order chi connectivity index (χ1) is 11.2. The molecule has 0 aliphatic carbocycles. The largest absolute Gasteiger partial charge is 0.481 e. The SMILES string of the molecule is CCCCCCOC(=O)C(O)(CC(=O)O)CC(=O)OC(=O)CCC. The third-order valence-corrected chi connectivity index (χ3v) is 3.17. The molecule has 0 aliphatic heterocycles. The molecule has 0 saturated carbocycles. The van der Waals surface area contributed by atoms with Crippen LogP contribution in [0.2, 0.25) is 0 Å². The van der Waals surface area contributed by atoms with Crippen LogP contribution >= 0.6 is 0 Å². The summed E-state index contributed by atoms with van der Waals surface area (Å²) < 4.78 is 9.30. The van der Waals surface area contributed by atoms with E-state index < -0.39 is 42.3 Å². The highest BCUT2D eigenvalue weighted by atomic mass is 16.6. The first-order valence-electron chi connectivity index (χ1n) is 8.10. The van der Waals surface area contributed by atoms with Crippen LogP contribution in [0.25, 0.3) is 0 Å². The van der Waals surface area contributed by atoms with E-state index >= 15 is 0 Å². The van der Waals surface area contributed by atoms with E-state index in [1.165, 1.54) is 0 Å². The van der Waals surface area contributed by atoms with Gasteiger partial charge in [-0.3, -0.25) is 14.4 Å². The summed E-state index contributed by atoms with van der Waals surface area (Å²) >= 11 is 0. The van der Waals surface area contributed by atoms with Crippen molar-refractivity contribution in [2.75, 3.05) is 6.61 Å². The Morgan fingerprint density at radius 1 is 0.917 bits per heavy atom. The summed E-state index contributed by atoms with van der Waals surface area (Å²) in [5, 5.41) is 19.0. The number of carbonyl (C=O) groups excluding carboxylic acids is 3. The van der Waals surface area contributed by atoms with Gasteiger partial charge in [0.25, 0.3) is 0 Å². The quantitative estimate of drug-likeness (QED) is 0.310. The minimum atomic E-state index is -2.56. The van der Waals surface area contributed by atoms with Crippen molar-refractivity contribution < 1.29 is 38.9 Å². The van der Waals surface area contributed by atoms with Gasteiger partial charge in [-0.15, -0.1) is 0 Å². The molecule has 0 aromatic carbocycles. The fourth-order valence-electron chi connectivity index (χ4n) is 1.94. The van der Waals surface area contributed by atoms with Gasteiger partial charge in [0.2, 0.25) is 0 Å². The summed E-state index contributed by atoms with van der Waals surface area (Å²) in [6, 6.07) is 0. The summed E-state index contributed by atoms with van der Waals surface area (Å²) in [6.07, 6.45) is 1.85. The zero-order chi connectivity index (χ0) is 18.6. The molecule has 138 valence electrons. The number of hydrogen-bond acceptors (Lipinski definition) is 7. The summed E-state index contributed by atoms with van der Waals surface area (Å²) in [7, 11) is 0. The first kappa shape index (κ1) is 22.0. The summed E-state index contributed by atoms with van der Waals surface area (Å²) in [5.41, 5.74) is -2.56. The van der Waals surface area contributed by atoms with Crippen LogP contribution < -0.4 is 0 Å². The van der Waals surface area contributed by atoms with Gasteiger partial charge in [0.05, 0.1) is 19.4 Å². The molecule has 0 saturated heterocycles. The highest BCUT2D eigenvalue weighted by Gasteiger charge is 2.43. The van der Waals surface area contributed by atoms with E-state index in [9.17, 15) is 24.3 Å². The molecule has 0 radical (unpaired) electrons. The normalized spacial score (nSPS) is 13.0. The number of aliphatic hydroxyl groups is 1. The number of unbranched alkanes of at least 4 members (excludes halogenated alkanes) is 3. The zero-order valence-corrected chi connectivity index (χ0v) is 14.2. The van der Waals surface area contributed by atoms with E-state index in [2.05, 4.69) is 4.74 Å². The van der Waals surface area contributed by atoms with E-state index in [0.717, 1.165) is 19.3 Å². The minimum Gasteiger partial charge on any atom is -0.481 e. The van der Waals surface area contributed by atoms with Crippen molar-refractivity contribution in [2.24, 2.45) is 0 Å². The van der Waals surface area contributed by atoms with E-state index in [4.69, 9.17) is 9.84 Å². The Morgan fingerprint density at radius 3 is 2.12 bits per heavy atom. The summed E-state index contributed by atoms with van der Waals surface area (Å²) in [6.45, 7) is 3.75. The number of carboxylic acids is 1. The Labute approximate surface area is 141 Å². The van der Waals surface area contributed by atoms with Gasteiger partial charge in [-0.05, 0) is 12.8 Å². The number of carboxylic acid groups (broad SMARTS) is 1. The molecule has 8 nitrogen and oxygen atoms in total. The summed E-state index contributed by atoms with van der Waals surface area (Å²) in [5.74, 6) is -4.65. The van der Waals surface area contributed by atoms with Crippen LogP contribution in [0, 0.1) is 0 Å². The molecule has 1 unspecified atom stereocenters. The van der Waals surface area contributed by atoms with Gasteiger partial charge < -0.3 is 19.7 Å².